The van der Waals surface area contributed by atoms with Crippen LogP contribution in [0.2, 0.25) is 0 Å². The number of carbonyl (C=O) groups excluding carboxylic acids is 2. The van der Waals surface area contributed by atoms with Gasteiger partial charge in [0.25, 0.3) is 5.91 Å². The second kappa shape index (κ2) is 9.35. The third kappa shape index (κ3) is 6.12. The molecule has 0 aromatic heterocycles. The fraction of sp³-hybridized carbons (Fsp3) is 0.263. The first-order valence-electron chi connectivity index (χ1n) is 8.09. The molecule has 0 saturated heterocycles. The summed E-state index contributed by atoms with van der Waals surface area (Å²) < 4.78 is 0. The molecule has 5 nitrogen and oxygen atoms in total. The number of nitrogens with one attached hydrogen (secondary N) is 2. The summed E-state index contributed by atoms with van der Waals surface area (Å²) in [5.74, 6) is -0.0795. The van der Waals surface area contributed by atoms with Gasteiger partial charge in [-0.1, -0.05) is 42.5 Å². The molecule has 0 spiro atoms. The number of aryl methyl sites for hydroxylation is 1. The summed E-state index contributed by atoms with van der Waals surface area (Å²) in [5.41, 5.74) is 7.85. The lowest BCUT2D eigenvalue weighted by Gasteiger charge is -2.07. The maximum absolute atomic E-state index is 12.1. The van der Waals surface area contributed by atoms with Crippen LogP contribution < -0.4 is 16.4 Å². The predicted molar refractivity (Wildman–Crippen MR) is 94.6 cm³/mol. The highest BCUT2D eigenvalue weighted by Crippen LogP contribution is 2.06. The monoisotopic (exact) mass is 325 g/mol. The average Bonchev–Trinajstić information content (AvgIpc) is 2.61. The lowest BCUT2D eigenvalue weighted by Crippen LogP contribution is -2.28. The summed E-state index contributed by atoms with van der Waals surface area (Å²) in [4.78, 5) is 22.7. The molecule has 24 heavy (non-hydrogen) atoms. The Morgan fingerprint density at radius 1 is 0.833 bits per heavy atom. The number of hydrogen-bond acceptors (Lipinski definition) is 2. The molecule has 0 radical (unpaired) electrons. The lowest BCUT2D eigenvalue weighted by atomic mass is 10.1. The lowest BCUT2D eigenvalue weighted by molar-refractivity contribution is 0.0953. The molecule has 0 atom stereocenters. The Morgan fingerprint density at radius 2 is 1.54 bits per heavy atom. The van der Waals surface area contributed by atoms with Crippen LogP contribution in [-0.2, 0) is 13.0 Å². The van der Waals surface area contributed by atoms with Crippen LogP contribution in [-0.4, -0.2) is 18.5 Å². The van der Waals surface area contributed by atoms with E-state index >= 15 is 0 Å². The number of unbranched alkanes of at least 4 members (excludes halogenated alkanes) is 1. The van der Waals surface area contributed by atoms with E-state index in [-0.39, 0.29) is 5.91 Å². The molecule has 0 fully saturated rings. The molecule has 0 aliphatic rings. The van der Waals surface area contributed by atoms with E-state index in [0.29, 0.717) is 18.7 Å². The van der Waals surface area contributed by atoms with Gasteiger partial charge in [0.05, 0.1) is 0 Å². The normalized spacial score (nSPS) is 10.2. The van der Waals surface area contributed by atoms with E-state index in [2.05, 4.69) is 22.8 Å². The van der Waals surface area contributed by atoms with E-state index < -0.39 is 6.03 Å². The number of benzene rings is 2. The maximum Gasteiger partial charge on any atom is 0.312 e. The molecule has 5 heteroatoms. The van der Waals surface area contributed by atoms with Crippen molar-refractivity contribution in [2.45, 2.75) is 25.8 Å². The van der Waals surface area contributed by atoms with E-state index in [4.69, 9.17) is 5.73 Å². The van der Waals surface area contributed by atoms with Crippen molar-refractivity contribution < 1.29 is 9.59 Å². The van der Waals surface area contributed by atoms with Gasteiger partial charge in [-0.3, -0.25) is 4.79 Å². The first kappa shape index (κ1) is 17.5. The van der Waals surface area contributed by atoms with Crippen LogP contribution >= 0.6 is 0 Å². The van der Waals surface area contributed by atoms with Gasteiger partial charge in [0.2, 0.25) is 0 Å². The Balaban J connectivity index is 1.67. The number of rotatable bonds is 8. The summed E-state index contributed by atoms with van der Waals surface area (Å²) >= 11 is 0. The van der Waals surface area contributed by atoms with Crippen molar-refractivity contribution in [1.29, 1.82) is 0 Å². The number of urea groups is 1. The fourth-order valence-electron chi connectivity index (χ4n) is 2.37. The van der Waals surface area contributed by atoms with E-state index in [9.17, 15) is 9.59 Å². The zero-order valence-corrected chi connectivity index (χ0v) is 13.6. The zero-order valence-electron chi connectivity index (χ0n) is 13.6. The Bertz CT molecular complexity index is 654. The molecule has 0 unspecified atom stereocenters. The van der Waals surface area contributed by atoms with Crippen molar-refractivity contribution in [2.75, 3.05) is 6.54 Å². The SMILES string of the molecule is NC(=O)NCc1ccc(C(=O)NCCCCc2ccccc2)cc1. The molecule has 3 amide bonds. The fourth-order valence-corrected chi connectivity index (χ4v) is 2.37. The van der Waals surface area contributed by atoms with Crippen molar-refractivity contribution >= 4 is 11.9 Å². The molecule has 2 rings (SSSR count). The first-order valence-corrected chi connectivity index (χ1v) is 8.09. The van der Waals surface area contributed by atoms with Gasteiger partial charge in [-0.15, -0.1) is 0 Å². The minimum Gasteiger partial charge on any atom is -0.352 e. The molecule has 0 saturated carbocycles. The summed E-state index contributed by atoms with van der Waals surface area (Å²) in [7, 11) is 0. The van der Waals surface area contributed by atoms with Gasteiger partial charge >= 0.3 is 6.03 Å². The van der Waals surface area contributed by atoms with Gasteiger partial charge in [-0.25, -0.2) is 4.79 Å². The summed E-state index contributed by atoms with van der Waals surface area (Å²) in [6.45, 7) is 1.02. The van der Waals surface area contributed by atoms with Crippen LogP contribution in [0.3, 0.4) is 0 Å². The van der Waals surface area contributed by atoms with Crippen molar-refractivity contribution in [1.82, 2.24) is 10.6 Å². The van der Waals surface area contributed by atoms with Crippen LogP contribution in [0.1, 0.15) is 34.3 Å². The Kier molecular flexibility index (Phi) is 6.83. The van der Waals surface area contributed by atoms with Crippen LogP contribution in [0.4, 0.5) is 4.79 Å². The number of primary amides is 1. The third-order valence-corrected chi connectivity index (χ3v) is 3.70. The topological polar surface area (TPSA) is 84.2 Å². The van der Waals surface area contributed by atoms with E-state index in [0.717, 1.165) is 24.8 Å². The molecule has 4 N–H and O–H groups in total. The van der Waals surface area contributed by atoms with E-state index in [1.165, 1.54) is 5.56 Å². The summed E-state index contributed by atoms with van der Waals surface area (Å²) in [6.07, 6.45) is 3.02. The van der Waals surface area contributed by atoms with Crippen molar-refractivity contribution in [3.05, 3.63) is 71.3 Å². The van der Waals surface area contributed by atoms with Crippen LogP contribution in [0.25, 0.3) is 0 Å². The molecule has 126 valence electrons. The highest BCUT2D eigenvalue weighted by molar-refractivity contribution is 5.94. The number of carbonyl (C=O) groups is 2. The predicted octanol–water partition coefficient (Wildman–Crippen LogP) is 2.61. The molecule has 0 heterocycles. The Morgan fingerprint density at radius 3 is 2.21 bits per heavy atom. The van der Waals surface area contributed by atoms with Gasteiger partial charge < -0.3 is 16.4 Å². The second-order valence-corrected chi connectivity index (χ2v) is 5.61. The Labute approximate surface area is 142 Å². The quantitative estimate of drug-likeness (QED) is 0.652. The van der Waals surface area contributed by atoms with Gasteiger partial charge in [-0.2, -0.15) is 0 Å². The largest absolute Gasteiger partial charge is 0.352 e. The van der Waals surface area contributed by atoms with E-state index in [1.54, 1.807) is 24.3 Å². The van der Waals surface area contributed by atoms with Crippen LogP contribution in [0.5, 0.6) is 0 Å². The number of hydrogen-bond donors (Lipinski definition) is 3. The van der Waals surface area contributed by atoms with Gasteiger partial charge in [0, 0.05) is 18.7 Å². The van der Waals surface area contributed by atoms with Crippen molar-refractivity contribution in [3.8, 4) is 0 Å². The van der Waals surface area contributed by atoms with Crippen molar-refractivity contribution in [3.63, 3.8) is 0 Å². The highest BCUT2D eigenvalue weighted by Gasteiger charge is 2.05. The number of nitrogens with two attached hydrogens (primary N) is 1. The van der Waals surface area contributed by atoms with Gasteiger partial charge in [0.1, 0.15) is 0 Å². The summed E-state index contributed by atoms with van der Waals surface area (Å²) in [6, 6.07) is 16.9. The smallest absolute Gasteiger partial charge is 0.312 e. The zero-order chi connectivity index (χ0) is 17.2. The first-order chi connectivity index (χ1) is 11.6. The molecule has 2 aromatic carbocycles. The standard InChI is InChI=1S/C19H23N3O2/c20-19(24)22-14-16-9-11-17(12-10-16)18(23)21-13-5-4-8-15-6-2-1-3-7-15/h1-3,6-7,9-12H,4-5,8,13-14H2,(H,21,23)(H3,20,22,24). The second-order valence-electron chi connectivity index (χ2n) is 5.61. The van der Waals surface area contributed by atoms with Crippen LogP contribution in [0.15, 0.2) is 54.6 Å². The minimum absolute atomic E-state index is 0.0795. The minimum atomic E-state index is -0.563. The molecule has 0 bridgehead atoms. The molecule has 0 aliphatic carbocycles. The van der Waals surface area contributed by atoms with Gasteiger partial charge in [-0.05, 0) is 42.5 Å². The van der Waals surface area contributed by atoms with Crippen molar-refractivity contribution in [2.24, 2.45) is 5.73 Å². The Hall–Kier alpha value is -2.82. The molecule has 0 aliphatic heterocycles. The van der Waals surface area contributed by atoms with Crippen LogP contribution in [0, 0.1) is 0 Å². The average molecular weight is 325 g/mol. The number of amides is 3. The molecular weight excluding hydrogens is 302 g/mol. The van der Waals surface area contributed by atoms with Gasteiger partial charge in [0.15, 0.2) is 0 Å². The highest BCUT2D eigenvalue weighted by atomic mass is 16.2. The maximum atomic E-state index is 12.1. The molecule has 2 aromatic rings. The third-order valence-electron chi connectivity index (χ3n) is 3.70. The van der Waals surface area contributed by atoms with E-state index in [1.807, 2.05) is 18.2 Å². The molecular formula is C19H23N3O2. The summed E-state index contributed by atoms with van der Waals surface area (Å²) in [5, 5.41) is 5.44.